The number of hydrogen-bond acceptors (Lipinski definition) is 2. The summed E-state index contributed by atoms with van der Waals surface area (Å²) >= 11 is 3.18. The van der Waals surface area contributed by atoms with Crippen LogP contribution in [-0.2, 0) is 0 Å². The Morgan fingerprint density at radius 2 is 2.24 bits per heavy atom. The summed E-state index contributed by atoms with van der Waals surface area (Å²) in [5.74, 6) is -0.565. The van der Waals surface area contributed by atoms with Crippen LogP contribution in [-0.4, -0.2) is 29.9 Å². The molecule has 3 nitrogen and oxygen atoms in total. The first-order chi connectivity index (χ1) is 8.06. The Morgan fingerprint density at radius 3 is 2.88 bits per heavy atom. The van der Waals surface area contributed by atoms with Crippen LogP contribution >= 0.6 is 15.9 Å². The molecule has 2 N–H and O–H groups in total. The minimum absolute atomic E-state index is 0.0321. The molecule has 0 radical (unpaired) electrons. The van der Waals surface area contributed by atoms with Gasteiger partial charge >= 0.3 is 0 Å². The van der Waals surface area contributed by atoms with Gasteiger partial charge in [-0.2, -0.15) is 0 Å². The van der Waals surface area contributed by atoms with Gasteiger partial charge in [-0.15, -0.1) is 0 Å². The fraction of sp³-hybridized carbons (Fsp3) is 0.417. The third kappa shape index (κ3) is 3.04. The predicted molar refractivity (Wildman–Crippen MR) is 67.2 cm³/mol. The molecule has 1 aliphatic rings. The van der Waals surface area contributed by atoms with Gasteiger partial charge in [-0.05, 0) is 31.0 Å². The van der Waals surface area contributed by atoms with Gasteiger partial charge in [0.2, 0.25) is 0 Å². The molecule has 2 rings (SSSR count). The van der Waals surface area contributed by atoms with E-state index in [1.807, 2.05) is 0 Å². The molecule has 1 fully saturated rings. The maximum atomic E-state index is 13.2. The van der Waals surface area contributed by atoms with Crippen LogP contribution in [0.25, 0.3) is 0 Å². The first kappa shape index (κ1) is 12.5. The second-order valence-corrected chi connectivity index (χ2v) is 5.23. The highest BCUT2D eigenvalue weighted by atomic mass is 79.9. The molecular weight excluding hydrogens is 287 g/mol. The lowest BCUT2D eigenvalue weighted by Crippen LogP contribution is -2.45. The molecule has 17 heavy (non-hydrogen) atoms. The number of likely N-dealkylation sites (tertiary alicyclic amines) is 1. The molecular formula is C12H14BrFN2O. The van der Waals surface area contributed by atoms with E-state index in [1.54, 1.807) is 11.0 Å². The Kier molecular flexibility index (Phi) is 3.79. The minimum Gasteiger partial charge on any atom is -0.337 e. The van der Waals surface area contributed by atoms with Crippen molar-refractivity contribution in [3.05, 3.63) is 34.1 Å². The SMILES string of the molecule is N[C@H]1CCCN(C(=O)c2cc(F)cc(Br)c2)C1. The molecule has 0 spiro atoms. The smallest absolute Gasteiger partial charge is 0.254 e. The van der Waals surface area contributed by atoms with Gasteiger partial charge in [-0.3, -0.25) is 4.79 Å². The van der Waals surface area contributed by atoms with Gasteiger partial charge in [0.1, 0.15) is 5.82 Å². The zero-order valence-corrected chi connectivity index (χ0v) is 10.9. The Labute approximate surface area is 108 Å². The van der Waals surface area contributed by atoms with Gasteiger partial charge in [-0.25, -0.2) is 4.39 Å². The van der Waals surface area contributed by atoms with Crippen LogP contribution in [0.1, 0.15) is 23.2 Å². The number of benzene rings is 1. The second kappa shape index (κ2) is 5.14. The zero-order chi connectivity index (χ0) is 12.4. The number of piperidine rings is 1. The highest BCUT2D eigenvalue weighted by Gasteiger charge is 2.22. The third-order valence-electron chi connectivity index (χ3n) is 2.85. The fourth-order valence-corrected chi connectivity index (χ4v) is 2.52. The number of nitrogens with zero attached hydrogens (tertiary/aromatic N) is 1. The summed E-state index contributed by atoms with van der Waals surface area (Å²) in [5, 5.41) is 0. The van der Waals surface area contributed by atoms with Crippen molar-refractivity contribution in [3.63, 3.8) is 0 Å². The number of rotatable bonds is 1. The Bertz CT molecular complexity index is 418. The highest BCUT2D eigenvalue weighted by molar-refractivity contribution is 9.10. The van der Waals surface area contributed by atoms with Gasteiger partial charge in [0.05, 0.1) is 0 Å². The van der Waals surface area contributed by atoms with Crippen molar-refractivity contribution in [2.75, 3.05) is 13.1 Å². The molecule has 1 aromatic rings. The van der Waals surface area contributed by atoms with Gasteiger partial charge in [0.25, 0.3) is 5.91 Å². The lowest BCUT2D eigenvalue weighted by atomic mass is 10.1. The van der Waals surface area contributed by atoms with E-state index >= 15 is 0 Å². The monoisotopic (exact) mass is 300 g/mol. The Hall–Kier alpha value is -0.940. The number of halogens is 2. The Morgan fingerprint density at radius 1 is 1.47 bits per heavy atom. The van der Waals surface area contributed by atoms with Crippen molar-refractivity contribution in [2.24, 2.45) is 5.73 Å². The summed E-state index contributed by atoms with van der Waals surface area (Å²) in [7, 11) is 0. The standard InChI is InChI=1S/C12H14BrFN2O/c13-9-4-8(5-10(14)6-9)12(17)16-3-1-2-11(15)7-16/h4-6,11H,1-3,7,15H2/t11-/m0/s1. The van der Waals surface area contributed by atoms with Gasteiger partial charge < -0.3 is 10.6 Å². The Balaban J connectivity index is 2.18. The minimum atomic E-state index is -0.413. The molecule has 1 aliphatic heterocycles. The van der Waals surface area contributed by atoms with Crippen LogP contribution in [0.2, 0.25) is 0 Å². The number of hydrogen-bond donors (Lipinski definition) is 1. The summed E-state index contributed by atoms with van der Waals surface area (Å²) < 4.78 is 13.8. The molecule has 0 aliphatic carbocycles. The van der Waals surface area contributed by atoms with Crippen molar-refractivity contribution >= 4 is 21.8 Å². The normalized spacial score (nSPS) is 20.4. The first-order valence-corrected chi connectivity index (χ1v) is 6.36. The average Bonchev–Trinajstić information content (AvgIpc) is 2.26. The van der Waals surface area contributed by atoms with E-state index in [0.717, 1.165) is 12.8 Å². The molecule has 0 saturated carbocycles. The second-order valence-electron chi connectivity index (χ2n) is 4.31. The molecule has 92 valence electrons. The van der Waals surface area contributed by atoms with Crippen molar-refractivity contribution < 1.29 is 9.18 Å². The summed E-state index contributed by atoms with van der Waals surface area (Å²) in [6.45, 7) is 1.24. The number of amides is 1. The van der Waals surface area contributed by atoms with E-state index in [0.29, 0.717) is 23.1 Å². The molecule has 1 amide bonds. The molecule has 1 aromatic carbocycles. The van der Waals surface area contributed by atoms with Gasteiger partial charge in [-0.1, -0.05) is 15.9 Å². The molecule has 1 atom stereocenters. The van der Waals surface area contributed by atoms with Crippen molar-refractivity contribution in [2.45, 2.75) is 18.9 Å². The number of nitrogens with two attached hydrogens (primary N) is 1. The predicted octanol–water partition coefficient (Wildman–Crippen LogP) is 2.15. The van der Waals surface area contributed by atoms with Crippen LogP contribution in [0.5, 0.6) is 0 Å². The van der Waals surface area contributed by atoms with E-state index < -0.39 is 5.82 Å². The van der Waals surface area contributed by atoms with Crippen LogP contribution in [0, 0.1) is 5.82 Å². The summed E-state index contributed by atoms with van der Waals surface area (Å²) in [5.41, 5.74) is 6.19. The maximum Gasteiger partial charge on any atom is 0.254 e. The summed E-state index contributed by atoms with van der Waals surface area (Å²) in [6, 6.07) is 4.25. The first-order valence-electron chi connectivity index (χ1n) is 5.57. The van der Waals surface area contributed by atoms with Gasteiger partial charge in [0, 0.05) is 29.2 Å². The molecule has 1 heterocycles. The van der Waals surface area contributed by atoms with Crippen LogP contribution in [0.4, 0.5) is 4.39 Å². The summed E-state index contributed by atoms with van der Waals surface area (Å²) in [6.07, 6.45) is 1.85. The van der Waals surface area contributed by atoms with E-state index in [1.165, 1.54) is 12.1 Å². The summed E-state index contributed by atoms with van der Waals surface area (Å²) in [4.78, 5) is 13.8. The van der Waals surface area contributed by atoms with E-state index in [9.17, 15) is 9.18 Å². The van der Waals surface area contributed by atoms with E-state index in [2.05, 4.69) is 15.9 Å². The number of carbonyl (C=O) groups is 1. The topological polar surface area (TPSA) is 46.3 Å². The lowest BCUT2D eigenvalue weighted by molar-refractivity contribution is 0.0708. The van der Waals surface area contributed by atoms with Crippen LogP contribution in [0.15, 0.2) is 22.7 Å². The average molecular weight is 301 g/mol. The molecule has 0 bridgehead atoms. The maximum absolute atomic E-state index is 13.2. The quantitative estimate of drug-likeness (QED) is 0.864. The van der Waals surface area contributed by atoms with Crippen molar-refractivity contribution in [3.8, 4) is 0 Å². The zero-order valence-electron chi connectivity index (χ0n) is 9.33. The molecule has 0 aromatic heterocycles. The molecule has 0 unspecified atom stereocenters. The largest absolute Gasteiger partial charge is 0.337 e. The fourth-order valence-electron chi connectivity index (χ4n) is 2.05. The highest BCUT2D eigenvalue weighted by Crippen LogP contribution is 2.18. The van der Waals surface area contributed by atoms with Crippen LogP contribution < -0.4 is 5.73 Å². The van der Waals surface area contributed by atoms with E-state index in [-0.39, 0.29) is 11.9 Å². The number of carbonyl (C=O) groups excluding carboxylic acids is 1. The molecule has 1 saturated heterocycles. The van der Waals surface area contributed by atoms with Crippen LogP contribution in [0.3, 0.4) is 0 Å². The van der Waals surface area contributed by atoms with Gasteiger partial charge in [0.15, 0.2) is 0 Å². The molecule has 5 heteroatoms. The lowest BCUT2D eigenvalue weighted by Gasteiger charge is -2.30. The third-order valence-corrected chi connectivity index (χ3v) is 3.31. The van der Waals surface area contributed by atoms with E-state index in [4.69, 9.17) is 5.73 Å². The van der Waals surface area contributed by atoms with Crippen molar-refractivity contribution in [1.29, 1.82) is 0 Å². The van der Waals surface area contributed by atoms with Crippen molar-refractivity contribution in [1.82, 2.24) is 4.90 Å².